The molecule has 0 saturated carbocycles. The molecule has 0 spiro atoms. The minimum Gasteiger partial charge on any atom is -0.315 e. The molecule has 1 unspecified atom stereocenters. The van der Waals surface area contributed by atoms with Crippen LogP contribution in [0, 0.1) is 0 Å². The molecule has 1 fully saturated rings. The second-order valence-electron chi connectivity index (χ2n) is 3.71. The zero-order valence-electron chi connectivity index (χ0n) is 8.09. The zero-order chi connectivity index (χ0) is 10.9. The molecule has 0 amide bonds. The first-order valence-corrected chi connectivity index (χ1v) is 4.89. The molecule has 1 aromatic heterocycles. The van der Waals surface area contributed by atoms with E-state index in [2.05, 4.69) is 10.4 Å². The van der Waals surface area contributed by atoms with E-state index in [0.717, 1.165) is 31.8 Å². The molecule has 1 N–H and O–H groups in total. The van der Waals surface area contributed by atoms with Crippen LogP contribution in [0.5, 0.6) is 0 Å². The van der Waals surface area contributed by atoms with Gasteiger partial charge in [-0.25, -0.2) is 0 Å². The molecule has 1 aliphatic rings. The third kappa shape index (κ3) is 2.31. The van der Waals surface area contributed by atoms with Gasteiger partial charge in [0.15, 0.2) is 0 Å². The van der Waals surface area contributed by atoms with Crippen LogP contribution in [-0.4, -0.2) is 22.9 Å². The number of hydrogen-bond donors (Lipinski definition) is 1. The van der Waals surface area contributed by atoms with Gasteiger partial charge in [-0.3, -0.25) is 4.68 Å². The van der Waals surface area contributed by atoms with Crippen LogP contribution in [0.4, 0.5) is 13.2 Å². The molecular formula is C9H12F3N3. The van der Waals surface area contributed by atoms with Crippen molar-refractivity contribution < 1.29 is 13.2 Å². The Morgan fingerprint density at radius 2 is 2.27 bits per heavy atom. The van der Waals surface area contributed by atoms with Crippen molar-refractivity contribution in [1.29, 1.82) is 0 Å². The lowest BCUT2D eigenvalue weighted by molar-refractivity contribution is -0.137. The molecule has 1 saturated heterocycles. The highest BCUT2D eigenvalue weighted by molar-refractivity contribution is 5.09. The number of nitrogens with one attached hydrogen (secondary N) is 1. The van der Waals surface area contributed by atoms with Gasteiger partial charge in [-0.2, -0.15) is 18.3 Å². The highest BCUT2D eigenvalue weighted by Crippen LogP contribution is 2.29. The van der Waals surface area contributed by atoms with Crippen molar-refractivity contribution in [3.8, 4) is 0 Å². The van der Waals surface area contributed by atoms with E-state index in [1.165, 1.54) is 4.68 Å². The Labute approximate surface area is 85.3 Å². The van der Waals surface area contributed by atoms with Gasteiger partial charge in [0.25, 0.3) is 0 Å². The summed E-state index contributed by atoms with van der Waals surface area (Å²) >= 11 is 0. The average Bonchev–Trinajstić information content (AvgIpc) is 2.67. The van der Waals surface area contributed by atoms with Crippen LogP contribution >= 0.6 is 0 Å². The maximum atomic E-state index is 12.3. The predicted molar refractivity (Wildman–Crippen MR) is 48.4 cm³/mol. The normalized spacial score (nSPS) is 23.0. The predicted octanol–water partition coefficient (Wildman–Crippen LogP) is 1.83. The first kappa shape index (κ1) is 10.5. The molecule has 0 aliphatic carbocycles. The number of rotatable bonds is 1. The van der Waals surface area contributed by atoms with Crippen LogP contribution in [0.2, 0.25) is 0 Å². The van der Waals surface area contributed by atoms with Crippen molar-refractivity contribution in [2.45, 2.75) is 25.1 Å². The SMILES string of the molecule is FC(F)(F)c1cnn(C2CCCNC2)c1. The van der Waals surface area contributed by atoms with E-state index in [1.54, 1.807) is 0 Å². The van der Waals surface area contributed by atoms with E-state index in [-0.39, 0.29) is 6.04 Å². The summed E-state index contributed by atoms with van der Waals surface area (Å²) in [6.45, 7) is 1.63. The van der Waals surface area contributed by atoms with Gasteiger partial charge in [0.1, 0.15) is 0 Å². The Bertz CT molecular complexity index is 326. The molecule has 1 atom stereocenters. The summed E-state index contributed by atoms with van der Waals surface area (Å²) in [4.78, 5) is 0. The number of nitrogens with zero attached hydrogens (tertiary/aromatic N) is 2. The zero-order valence-corrected chi connectivity index (χ0v) is 8.09. The first-order chi connectivity index (χ1) is 7.07. The van der Waals surface area contributed by atoms with Crippen molar-refractivity contribution in [2.75, 3.05) is 13.1 Å². The molecule has 6 heteroatoms. The quantitative estimate of drug-likeness (QED) is 0.780. The van der Waals surface area contributed by atoms with Crippen molar-refractivity contribution in [3.63, 3.8) is 0 Å². The van der Waals surface area contributed by atoms with Crippen LogP contribution in [0.25, 0.3) is 0 Å². The van der Waals surface area contributed by atoms with Crippen molar-refractivity contribution in [1.82, 2.24) is 15.1 Å². The molecule has 3 nitrogen and oxygen atoms in total. The fourth-order valence-electron chi connectivity index (χ4n) is 1.74. The summed E-state index contributed by atoms with van der Waals surface area (Å²) < 4.78 is 38.3. The molecule has 2 rings (SSSR count). The molecule has 1 aliphatic heterocycles. The molecule has 0 bridgehead atoms. The molecular weight excluding hydrogens is 207 g/mol. The summed E-state index contributed by atoms with van der Waals surface area (Å²) in [6, 6.07) is 0.0508. The molecule has 84 valence electrons. The third-order valence-corrected chi connectivity index (χ3v) is 2.57. The summed E-state index contributed by atoms with van der Waals surface area (Å²) in [7, 11) is 0. The summed E-state index contributed by atoms with van der Waals surface area (Å²) in [5.41, 5.74) is -0.673. The highest BCUT2D eigenvalue weighted by Gasteiger charge is 2.32. The lowest BCUT2D eigenvalue weighted by Crippen LogP contribution is -2.31. The van der Waals surface area contributed by atoms with E-state index >= 15 is 0 Å². The standard InChI is InChI=1S/C9H12F3N3/c10-9(11,12)7-4-14-15(6-7)8-2-1-3-13-5-8/h4,6,8,13H,1-3,5H2. The van der Waals surface area contributed by atoms with Gasteiger partial charge in [0.05, 0.1) is 17.8 Å². The Morgan fingerprint density at radius 1 is 1.47 bits per heavy atom. The van der Waals surface area contributed by atoms with E-state index in [9.17, 15) is 13.2 Å². The largest absolute Gasteiger partial charge is 0.419 e. The van der Waals surface area contributed by atoms with Gasteiger partial charge >= 0.3 is 6.18 Å². The number of piperidine rings is 1. The topological polar surface area (TPSA) is 29.9 Å². The van der Waals surface area contributed by atoms with E-state index < -0.39 is 11.7 Å². The van der Waals surface area contributed by atoms with Gasteiger partial charge in [0, 0.05) is 12.7 Å². The number of hydrogen-bond acceptors (Lipinski definition) is 2. The van der Waals surface area contributed by atoms with Crippen LogP contribution in [0.15, 0.2) is 12.4 Å². The first-order valence-electron chi connectivity index (χ1n) is 4.89. The fourth-order valence-corrected chi connectivity index (χ4v) is 1.74. The lowest BCUT2D eigenvalue weighted by atomic mass is 10.1. The maximum absolute atomic E-state index is 12.3. The third-order valence-electron chi connectivity index (χ3n) is 2.57. The Balaban J connectivity index is 2.12. The fraction of sp³-hybridized carbons (Fsp3) is 0.667. The Hall–Kier alpha value is -1.04. The average molecular weight is 219 g/mol. The number of halogens is 3. The van der Waals surface area contributed by atoms with Crippen LogP contribution in [-0.2, 0) is 6.18 Å². The molecule has 0 aromatic carbocycles. The second-order valence-corrected chi connectivity index (χ2v) is 3.71. The number of alkyl halides is 3. The monoisotopic (exact) mass is 219 g/mol. The lowest BCUT2D eigenvalue weighted by Gasteiger charge is -2.22. The van der Waals surface area contributed by atoms with Crippen LogP contribution < -0.4 is 5.32 Å². The maximum Gasteiger partial charge on any atom is 0.419 e. The molecule has 15 heavy (non-hydrogen) atoms. The number of aromatic nitrogens is 2. The second kappa shape index (κ2) is 3.84. The Morgan fingerprint density at radius 3 is 2.80 bits per heavy atom. The minimum absolute atomic E-state index is 0.0508. The van der Waals surface area contributed by atoms with Crippen molar-refractivity contribution >= 4 is 0 Å². The van der Waals surface area contributed by atoms with Gasteiger partial charge in [-0.05, 0) is 19.4 Å². The van der Waals surface area contributed by atoms with Crippen LogP contribution in [0.1, 0.15) is 24.4 Å². The van der Waals surface area contributed by atoms with Gasteiger partial charge < -0.3 is 5.32 Å². The van der Waals surface area contributed by atoms with Crippen molar-refractivity contribution in [2.24, 2.45) is 0 Å². The van der Waals surface area contributed by atoms with Crippen molar-refractivity contribution in [3.05, 3.63) is 18.0 Å². The summed E-state index contributed by atoms with van der Waals surface area (Å²) in [6.07, 6.45) is -0.468. The summed E-state index contributed by atoms with van der Waals surface area (Å²) in [5.74, 6) is 0. The Kier molecular flexibility index (Phi) is 2.68. The van der Waals surface area contributed by atoms with Crippen LogP contribution in [0.3, 0.4) is 0 Å². The molecule has 2 heterocycles. The highest BCUT2D eigenvalue weighted by atomic mass is 19.4. The van der Waals surface area contributed by atoms with E-state index in [1.807, 2.05) is 0 Å². The van der Waals surface area contributed by atoms with Gasteiger partial charge in [-0.1, -0.05) is 0 Å². The van der Waals surface area contributed by atoms with E-state index in [4.69, 9.17) is 0 Å². The van der Waals surface area contributed by atoms with E-state index in [0.29, 0.717) is 6.54 Å². The minimum atomic E-state index is -4.29. The molecule has 0 radical (unpaired) electrons. The smallest absolute Gasteiger partial charge is 0.315 e. The van der Waals surface area contributed by atoms with Gasteiger partial charge in [0.2, 0.25) is 0 Å². The molecule has 1 aromatic rings. The van der Waals surface area contributed by atoms with Gasteiger partial charge in [-0.15, -0.1) is 0 Å². The summed E-state index contributed by atoms with van der Waals surface area (Å²) in [5, 5.41) is 6.90.